The van der Waals surface area contributed by atoms with Crippen molar-refractivity contribution >= 4 is 5.97 Å². The summed E-state index contributed by atoms with van der Waals surface area (Å²) in [6.07, 6.45) is 2.50. The molecule has 2 atom stereocenters. The van der Waals surface area contributed by atoms with Crippen LogP contribution in [0.15, 0.2) is 0 Å². The van der Waals surface area contributed by atoms with E-state index >= 15 is 0 Å². The first kappa shape index (κ1) is 13.5. The summed E-state index contributed by atoms with van der Waals surface area (Å²) in [6.45, 7) is 6.71. The van der Waals surface area contributed by atoms with Gasteiger partial charge in [0.1, 0.15) is 0 Å². The molecule has 16 heavy (non-hydrogen) atoms. The summed E-state index contributed by atoms with van der Waals surface area (Å²) in [5.41, 5.74) is 0. The minimum absolute atomic E-state index is 0.101. The van der Waals surface area contributed by atoms with Crippen molar-refractivity contribution < 1.29 is 14.3 Å². The molecule has 0 aromatic carbocycles. The van der Waals surface area contributed by atoms with Crippen LogP contribution >= 0.6 is 0 Å². The second-order valence-electron chi connectivity index (χ2n) is 4.51. The fourth-order valence-electron chi connectivity index (χ4n) is 1.98. The second kappa shape index (κ2) is 6.21. The fourth-order valence-corrected chi connectivity index (χ4v) is 1.98. The highest BCUT2D eigenvalue weighted by Gasteiger charge is 2.32. The quantitative estimate of drug-likeness (QED) is 0.698. The molecule has 0 radical (unpaired) electrons. The van der Waals surface area contributed by atoms with Crippen molar-refractivity contribution in [3.05, 3.63) is 0 Å². The highest BCUT2D eigenvalue weighted by Crippen LogP contribution is 2.24. The first-order valence-corrected chi connectivity index (χ1v) is 6.04. The fraction of sp³-hybridized carbons (Fsp3) is 0.917. The third kappa shape index (κ3) is 3.46. The minimum Gasteiger partial charge on any atom is -0.469 e. The molecule has 1 saturated carbocycles. The van der Waals surface area contributed by atoms with E-state index in [-0.39, 0.29) is 17.9 Å². The molecular weight excluding hydrogens is 206 g/mol. The first-order valence-electron chi connectivity index (χ1n) is 6.04. The summed E-state index contributed by atoms with van der Waals surface area (Å²) in [5.74, 6) is -0.253. The predicted octanol–water partition coefficient (Wildman–Crippen LogP) is 1.34. The highest BCUT2D eigenvalue weighted by molar-refractivity contribution is 5.72. The van der Waals surface area contributed by atoms with Gasteiger partial charge >= 0.3 is 5.97 Å². The Labute approximate surface area is 97.7 Å². The number of carbonyl (C=O) groups is 1. The summed E-state index contributed by atoms with van der Waals surface area (Å²) in [4.78, 5) is 11.3. The van der Waals surface area contributed by atoms with E-state index in [0.29, 0.717) is 12.1 Å². The van der Waals surface area contributed by atoms with Crippen LogP contribution < -0.4 is 5.32 Å². The number of hydrogen-bond donors (Lipinski definition) is 1. The van der Waals surface area contributed by atoms with Gasteiger partial charge in [-0.1, -0.05) is 6.92 Å². The Morgan fingerprint density at radius 1 is 1.44 bits per heavy atom. The summed E-state index contributed by atoms with van der Waals surface area (Å²) >= 11 is 0. The van der Waals surface area contributed by atoms with Crippen molar-refractivity contribution in [2.75, 3.05) is 13.7 Å². The number of rotatable bonds is 6. The lowest BCUT2D eigenvalue weighted by molar-refractivity contribution is -0.145. The molecule has 2 unspecified atom stereocenters. The lowest BCUT2D eigenvalue weighted by Gasteiger charge is -2.38. The maximum atomic E-state index is 11.3. The molecule has 0 aromatic rings. The second-order valence-corrected chi connectivity index (χ2v) is 4.51. The lowest BCUT2D eigenvalue weighted by atomic mass is 9.87. The largest absolute Gasteiger partial charge is 0.469 e. The average Bonchev–Trinajstić information content (AvgIpc) is 2.23. The predicted molar refractivity (Wildman–Crippen MR) is 62.2 cm³/mol. The third-order valence-electron chi connectivity index (χ3n) is 3.32. The number of hydrogen-bond acceptors (Lipinski definition) is 4. The first-order chi connectivity index (χ1) is 7.58. The van der Waals surface area contributed by atoms with Crippen molar-refractivity contribution in [3.8, 4) is 0 Å². The van der Waals surface area contributed by atoms with E-state index in [0.717, 1.165) is 19.4 Å². The van der Waals surface area contributed by atoms with Crippen molar-refractivity contribution in [2.24, 2.45) is 5.92 Å². The number of carbonyl (C=O) groups excluding carboxylic acids is 1. The van der Waals surface area contributed by atoms with Gasteiger partial charge in [0, 0.05) is 18.7 Å². The zero-order chi connectivity index (χ0) is 12.1. The van der Waals surface area contributed by atoms with Crippen LogP contribution in [0.3, 0.4) is 0 Å². The van der Waals surface area contributed by atoms with E-state index < -0.39 is 0 Å². The van der Waals surface area contributed by atoms with Crippen LogP contribution in [0.2, 0.25) is 0 Å². The molecule has 0 aromatic heterocycles. The van der Waals surface area contributed by atoms with Crippen LogP contribution in [0.1, 0.15) is 33.6 Å². The summed E-state index contributed by atoms with van der Waals surface area (Å²) < 4.78 is 10.2. The molecule has 94 valence electrons. The molecule has 1 N–H and O–H groups in total. The molecular formula is C12H23NO3. The Bertz CT molecular complexity index is 226. The van der Waals surface area contributed by atoms with E-state index in [1.165, 1.54) is 7.11 Å². The topological polar surface area (TPSA) is 47.6 Å². The van der Waals surface area contributed by atoms with Crippen LogP contribution in [0.4, 0.5) is 0 Å². The zero-order valence-corrected chi connectivity index (χ0v) is 10.7. The van der Waals surface area contributed by atoms with Crippen LogP contribution in [0.5, 0.6) is 0 Å². The Morgan fingerprint density at radius 2 is 2.06 bits per heavy atom. The number of nitrogens with one attached hydrogen (secondary N) is 1. The molecule has 0 aliphatic heterocycles. The summed E-state index contributed by atoms with van der Waals surface area (Å²) in [6, 6.07) is 0.638. The van der Waals surface area contributed by atoms with Crippen molar-refractivity contribution in [1.82, 2.24) is 5.32 Å². The van der Waals surface area contributed by atoms with Gasteiger partial charge in [-0.25, -0.2) is 0 Å². The summed E-state index contributed by atoms with van der Waals surface area (Å²) in [7, 11) is 1.43. The van der Waals surface area contributed by atoms with Crippen molar-refractivity contribution in [2.45, 2.75) is 51.8 Å². The van der Waals surface area contributed by atoms with Crippen molar-refractivity contribution in [3.63, 3.8) is 0 Å². The van der Waals surface area contributed by atoms with Crippen molar-refractivity contribution in [1.29, 1.82) is 0 Å². The Hall–Kier alpha value is -0.610. The molecule has 0 spiro atoms. The van der Waals surface area contributed by atoms with E-state index in [9.17, 15) is 4.79 Å². The van der Waals surface area contributed by atoms with Gasteiger partial charge in [0.05, 0.1) is 19.1 Å². The molecule has 0 saturated heterocycles. The molecule has 0 heterocycles. The van der Waals surface area contributed by atoms with E-state index in [2.05, 4.69) is 5.32 Å². The van der Waals surface area contributed by atoms with Gasteiger partial charge in [-0.05, 0) is 26.7 Å². The number of esters is 1. The maximum Gasteiger partial charge on any atom is 0.309 e. The minimum atomic E-state index is -0.152. The molecule has 1 rings (SSSR count). The molecule has 0 amide bonds. The van der Waals surface area contributed by atoms with Crippen LogP contribution in [0.25, 0.3) is 0 Å². The Balaban J connectivity index is 2.21. The lowest BCUT2D eigenvalue weighted by Crippen LogP contribution is -2.51. The maximum absolute atomic E-state index is 11.3. The molecule has 1 fully saturated rings. The van der Waals surface area contributed by atoms with E-state index in [1.807, 2.05) is 20.8 Å². The van der Waals surface area contributed by atoms with Crippen LogP contribution in [-0.2, 0) is 14.3 Å². The van der Waals surface area contributed by atoms with Gasteiger partial charge in [0.2, 0.25) is 0 Å². The van der Waals surface area contributed by atoms with Gasteiger partial charge in [-0.15, -0.1) is 0 Å². The normalized spacial score (nSPS) is 28.0. The van der Waals surface area contributed by atoms with Gasteiger partial charge < -0.3 is 14.8 Å². The van der Waals surface area contributed by atoms with Gasteiger partial charge in [0.15, 0.2) is 0 Å². The highest BCUT2D eigenvalue weighted by atomic mass is 16.5. The third-order valence-corrected chi connectivity index (χ3v) is 3.32. The van der Waals surface area contributed by atoms with Gasteiger partial charge in [0.25, 0.3) is 0 Å². The summed E-state index contributed by atoms with van der Waals surface area (Å²) in [5, 5.41) is 3.44. The molecule has 1 aliphatic carbocycles. The SMILES string of the molecule is CCOC1CC(NC(C)C(C)C(=O)OC)C1. The van der Waals surface area contributed by atoms with Gasteiger partial charge in [-0.3, -0.25) is 4.79 Å². The molecule has 1 aliphatic rings. The van der Waals surface area contributed by atoms with Crippen LogP contribution in [-0.4, -0.2) is 37.9 Å². The zero-order valence-electron chi connectivity index (χ0n) is 10.7. The van der Waals surface area contributed by atoms with E-state index in [1.54, 1.807) is 0 Å². The molecule has 4 nitrogen and oxygen atoms in total. The van der Waals surface area contributed by atoms with Crippen LogP contribution in [0, 0.1) is 5.92 Å². The molecule has 0 bridgehead atoms. The van der Waals surface area contributed by atoms with Gasteiger partial charge in [-0.2, -0.15) is 0 Å². The Morgan fingerprint density at radius 3 is 2.56 bits per heavy atom. The molecule has 4 heteroatoms. The smallest absolute Gasteiger partial charge is 0.309 e. The standard InChI is InChI=1S/C12H23NO3/c1-5-16-11-6-10(7-11)13-9(3)8(2)12(14)15-4/h8-11,13H,5-7H2,1-4H3. The number of ether oxygens (including phenoxy) is 2. The van der Waals surface area contributed by atoms with E-state index in [4.69, 9.17) is 9.47 Å². The average molecular weight is 229 g/mol. The monoisotopic (exact) mass is 229 g/mol. The Kier molecular flexibility index (Phi) is 5.22. The number of methoxy groups -OCH3 is 1.